The second-order valence-electron chi connectivity index (χ2n) is 5.45. The number of benzene rings is 1. The average molecular weight is 410 g/mol. The van der Waals surface area contributed by atoms with Gasteiger partial charge in [0.05, 0.1) is 11.5 Å². The van der Waals surface area contributed by atoms with E-state index in [0.29, 0.717) is 12.4 Å². The van der Waals surface area contributed by atoms with E-state index in [0.717, 1.165) is 14.6 Å². The summed E-state index contributed by atoms with van der Waals surface area (Å²) >= 11 is 2.88. The van der Waals surface area contributed by atoms with Crippen molar-refractivity contribution >= 4 is 32.7 Å². The lowest BCUT2D eigenvalue weighted by Crippen LogP contribution is -2.22. The highest BCUT2D eigenvalue weighted by molar-refractivity contribution is 7.89. The van der Waals surface area contributed by atoms with Gasteiger partial charge in [-0.05, 0) is 54.8 Å². The Hall–Kier alpha value is -1.71. The van der Waals surface area contributed by atoms with Crippen molar-refractivity contribution in [2.24, 2.45) is 0 Å². The van der Waals surface area contributed by atoms with Crippen LogP contribution < -0.4 is 9.46 Å². The van der Waals surface area contributed by atoms with Crippen LogP contribution in [0.15, 0.2) is 58.8 Å². The van der Waals surface area contributed by atoms with Crippen molar-refractivity contribution in [1.29, 1.82) is 0 Å². The first kappa shape index (κ1) is 19.1. The molecular weight excluding hydrogens is 390 g/mol. The maximum Gasteiger partial charge on any atom is 0.240 e. The van der Waals surface area contributed by atoms with Crippen LogP contribution in [-0.4, -0.2) is 20.1 Å². The van der Waals surface area contributed by atoms with Crippen LogP contribution in [0.5, 0.6) is 5.75 Å². The molecule has 0 bridgehead atoms. The Morgan fingerprint density at radius 1 is 1.12 bits per heavy atom. The minimum absolute atomic E-state index is 0.178. The van der Waals surface area contributed by atoms with Crippen LogP contribution in [-0.2, 0) is 16.6 Å². The van der Waals surface area contributed by atoms with Crippen LogP contribution in [0.2, 0.25) is 0 Å². The summed E-state index contributed by atoms with van der Waals surface area (Å²) in [5.41, 5.74) is 0. The molecule has 2 aromatic heterocycles. The van der Waals surface area contributed by atoms with Gasteiger partial charge in [0.1, 0.15) is 11.9 Å². The minimum Gasteiger partial charge on any atom is -0.494 e. The molecule has 0 saturated carbocycles. The van der Waals surface area contributed by atoms with Gasteiger partial charge in [-0.2, -0.15) is 0 Å². The molecule has 0 spiro atoms. The van der Waals surface area contributed by atoms with Crippen LogP contribution >= 0.6 is 22.7 Å². The summed E-state index contributed by atoms with van der Waals surface area (Å²) in [7, 11) is -3.60. The SMILES string of the molecule is CCOc1ccc(S(=O)(=O)NCc2ccc(C(O)c3cccs3)s2)cc1. The third kappa shape index (κ3) is 4.52. The third-order valence-electron chi connectivity index (χ3n) is 3.65. The molecule has 5 nitrogen and oxygen atoms in total. The van der Waals surface area contributed by atoms with Gasteiger partial charge >= 0.3 is 0 Å². The zero-order valence-corrected chi connectivity index (χ0v) is 16.5. The molecule has 1 aromatic carbocycles. The first-order valence-electron chi connectivity index (χ1n) is 8.02. The van der Waals surface area contributed by atoms with Crippen molar-refractivity contribution < 1.29 is 18.3 Å². The first-order valence-corrected chi connectivity index (χ1v) is 11.2. The topological polar surface area (TPSA) is 75.6 Å². The largest absolute Gasteiger partial charge is 0.494 e. The van der Waals surface area contributed by atoms with Gasteiger partial charge in [-0.1, -0.05) is 6.07 Å². The molecule has 0 aliphatic rings. The van der Waals surface area contributed by atoms with E-state index in [2.05, 4.69) is 4.72 Å². The Bertz CT molecular complexity index is 931. The van der Waals surface area contributed by atoms with Crippen molar-refractivity contribution in [2.45, 2.75) is 24.5 Å². The van der Waals surface area contributed by atoms with E-state index >= 15 is 0 Å². The van der Waals surface area contributed by atoms with Crippen molar-refractivity contribution in [2.75, 3.05) is 6.61 Å². The lowest BCUT2D eigenvalue weighted by molar-refractivity contribution is 0.228. The van der Waals surface area contributed by atoms with Crippen LogP contribution in [0.25, 0.3) is 0 Å². The molecule has 3 rings (SSSR count). The van der Waals surface area contributed by atoms with Crippen LogP contribution in [0.3, 0.4) is 0 Å². The molecule has 0 fully saturated rings. The fourth-order valence-corrected chi connectivity index (χ4v) is 5.21. The van der Waals surface area contributed by atoms with E-state index in [1.807, 2.05) is 36.6 Å². The second-order valence-corrected chi connectivity index (χ2v) is 9.40. The van der Waals surface area contributed by atoms with Crippen LogP contribution in [0, 0.1) is 0 Å². The number of nitrogens with one attached hydrogen (secondary N) is 1. The average Bonchev–Trinajstić information content (AvgIpc) is 3.32. The summed E-state index contributed by atoms with van der Waals surface area (Å²) in [5, 5.41) is 12.3. The number of hydrogen-bond acceptors (Lipinski definition) is 6. The molecule has 1 unspecified atom stereocenters. The Balaban J connectivity index is 1.64. The maximum absolute atomic E-state index is 12.4. The van der Waals surface area contributed by atoms with Gasteiger partial charge in [0, 0.05) is 21.2 Å². The van der Waals surface area contributed by atoms with Crippen molar-refractivity contribution in [3.05, 3.63) is 68.5 Å². The molecule has 2 heterocycles. The lowest BCUT2D eigenvalue weighted by Gasteiger charge is -2.08. The lowest BCUT2D eigenvalue weighted by atomic mass is 10.2. The Kier molecular flexibility index (Phi) is 6.10. The molecule has 0 aliphatic carbocycles. The number of hydrogen-bond donors (Lipinski definition) is 2. The molecular formula is C18H19NO4S3. The summed E-state index contributed by atoms with van der Waals surface area (Å²) in [6.07, 6.45) is -0.670. The van der Waals surface area contributed by atoms with Gasteiger partial charge in [-0.15, -0.1) is 22.7 Å². The van der Waals surface area contributed by atoms with Crippen LogP contribution in [0.1, 0.15) is 27.7 Å². The monoisotopic (exact) mass is 409 g/mol. The highest BCUT2D eigenvalue weighted by atomic mass is 32.2. The number of ether oxygens (including phenoxy) is 1. The molecule has 0 radical (unpaired) electrons. The van der Waals surface area contributed by atoms with E-state index in [9.17, 15) is 13.5 Å². The van der Waals surface area contributed by atoms with E-state index in [1.54, 1.807) is 12.1 Å². The molecule has 2 N–H and O–H groups in total. The predicted octanol–water partition coefficient (Wildman–Crippen LogP) is 3.77. The fourth-order valence-electron chi connectivity index (χ4n) is 2.35. The molecule has 1 atom stereocenters. The summed E-state index contributed by atoms with van der Waals surface area (Å²) in [5.74, 6) is 0.636. The highest BCUT2D eigenvalue weighted by Gasteiger charge is 2.17. The summed E-state index contributed by atoms with van der Waals surface area (Å²) in [6, 6.07) is 13.7. The van der Waals surface area contributed by atoms with E-state index in [-0.39, 0.29) is 11.4 Å². The third-order valence-corrected chi connectivity index (χ3v) is 7.13. The van der Waals surface area contributed by atoms with Crippen molar-refractivity contribution in [1.82, 2.24) is 4.72 Å². The van der Waals surface area contributed by atoms with Crippen molar-refractivity contribution in [3.63, 3.8) is 0 Å². The van der Waals surface area contributed by atoms with E-state index in [4.69, 9.17) is 4.74 Å². The number of aliphatic hydroxyl groups excluding tert-OH is 1. The molecule has 3 aromatic rings. The van der Waals surface area contributed by atoms with Gasteiger partial charge in [-0.25, -0.2) is 13.1 Å². The Morgan fingerprint density at radius 2 is 1.88 bits per heavy atom. The summed E-state index contributed by atoms with van der Waals surface area (Å²) < 4.78 is 32.7. The van der Waals surface area contributed by atoms with Gasteiger partial charge in [0.25, 0.3) is 0 Å². The number of aliphatic hydroxyl groups is 1. The molecule has 0 amide bonds. The zero-order chi connectivity index (χ0) is 18.6. The van der Waals surface area contributed by atoms with Gasteiger partial charge in [-0.3, -0.25) is 0 Å². The van der Waals surface area contributed by atoms with Gasteiger partial charge < -0.3 is 9.84 Å². The standard InChI is InChI=1S/C18H19NO4S3/c1-2-23-13-5-8-15(9-6-13)26(21,22)19-12-14-7-10-17(25-14)18(20)16-4-3-11-24-16/h3-11,18-20H,2,12H2,1H3. The second kappa shape index (κ2) is 8.32. The van der Waals surface area contributed by atoms with Crippen molar-refractivity contribution in [3.8, 4) is 5.75 Å². The predicted molar refractivity (Wildman–Crippen MR) is 104 cm³/mol. The summed E-state index contributed by atoms with van der Waals surface area (Å²) in [6.45, 7) is 2.58. The quantitative estimate of drug-likeness (QED) is 0.594. The normalized spacial score (nSPS) is 12.8. The molecule has 0 aliphatic heterocycles. The molecule has 138 valence electrons. The Labute approximate surface area is 161 Å². The molecule has 0 saturated heterocycles. The Morgan fingerprint density at radius 3 is 2.54 bits per heavy atom. The summed E-state index contributed by atoms with van der Waals surface area (Å²) in [4.78, 5) is 2.69. The van der Waals surface area contributed by atoms with E-state index in [1.165, 1.54) is 34.8 Å². The maximum atomic E-state index is 12.4. The minimum atomic E-state index is -3.60. The number of sulfonamides is 1. The number of rotatable bonds is 8. The van der Waals surface area contributed by atoms with Crippen LogP contribution in [0.4, 0.5) is 0 Å². The first-order chi connectivity index (χ1) is 12.5. The molecule has 26 heavy (non-hydrogen) atoms. The highest BCUT2D eigenvalue weighted by Crippen LogP contribution is 2.31. The van der Waals surface area contributed by atoms with Gasteiger partial charge in [0.15, 0.2) is 0 Å². The molecule has 8 heteroatoms. The number of thiophene rings is 2. The zero-order valence-electron chi connectivity index (χ0n) is 14.1. The van der Waals surface area contributed by atoms with Gasteiger partial charge in [0.2, 0.25) is 10.0 Å². The van der Waals surface area contributed by atoms with E-state index < -0.39 is 16.1 Å². The smallest absolute Gasteiger partial charge is 0.240 e. The fraction of sp³-hybridized carbons (Fsp3) is 0.222.